The monoisotopic (exact) mass is 402 g/mol. The number of hydrogen-bond donors (Lipinski definition) is 2. The van der Waals surface area contributed by atoms with Gasteiger partial charge < -0.3 is 19.5 Å². The van der Waals surface area contributed by atoms with E-state index in [1.165, 1.54) is 14.2 Å². The standard InChI is InChI=1S/C20H22N2O5S/c1-4-9-27-19(24)13-5-7-15(8-6-13)21-20(28)22-18(23)14-10-16(25-2)12-17(11-14)26-3/h5-8,10-12H,4,9H2,1-3H3,(H2,21,22,23,28). The predicted molar refractivity (Wildman–Crippen MR) is 110 cm³/mol. The summed E-state index contributed by atoms with van der Waals surface area (Å²) in [5.41, 5.74) is 1.41. The lowest BCUT2D eigenvalue weighted by atomic mass is 10.2. The van der Waals surface area contributed by atoms with Crippen molar-refractivity contribution in [1.29, 1.82) is 0 Å². The third-order valence-electron chi connectivity index (χ3n) is 3.66. The Morgan fingerprint density at radius 2 is 1.57 bits per heavy atom. The van der Waals surface area contributed by atoms with Gasteiger partial charge in [-0.2, -0.15) is 0 Å². The summed E-state index contributed by atoms with van der Waals surface area (Å²) in [7, 11) is 3.01. The van der Waals surface area contributed by atoms with Gasteiger partial charge in [-0.25, -0.2) is 4.79 Å². The van der Waals surface area contributed by atoms with E-state index in [2.05, 4.69) is 10.6 Å². The second kappa shape index (κ2) is 10.3. The third-order valence-corrected chi connectivity index (χ3v) is 3.86. The largest absolute Gasteiger partial charge is 0.497 e. The highest BCUT2D eigenvalue weighted by Gasteiger charge is 2.12. The summed E-state index contributed by atoms with van der Waals surface area (Å²) in [6, 6.07) is 11.4. The van der Waals surface area contributed by atoms with Crippen LogP contribution in [0.25, 0.3) is 0 Å². The summed E-state index contributed by atoms with van der Waals surface area (Å²) in [4.78, 5) is 24.2. The Morgan fingerprint density at radius 1 is 0.964 bits per heavy atom. The summed E-state index contributed by atoms with van der Waals surface area (Å²) in [6.45, 7) is 2.31. The van der Waals surface area contributed by atoms with E-state index < -0.39 is 5.91 Å². The number of thiocarbonyl (C=S) groups is 1. The van der Waals surface area contributed by atoms with Gasteiger partial charge in [0.1, 0.15) is 11.5 Å². The molecule has 0 aromatic heterocycles. The molecule has 1 amide bonds. The molecule has 0 atom stereocenters. The van der Waals surface area contributed by atoms with Crippen LogP contribution in [0.15, 0.2) is 42.5 Å². The minimum atomic E-state index is -0.408. The van der Waals surface area contributed by atoms with E-state index >= 15 is 0 Å². The molecule has 0 unspecified atom stereocenters. The molecule has 28 heavy (non-hydrogen) atoms. The zero-order chi connectivity index (χ0) is 20.5. The number of hydrogen-bond acceptors (Lipinski definition) is 6. The average Bonchev–Trinajstić information content (AvgIpc) is 2.71. The van der Waals surface area contributed by atoms with Crippen molar-refractivity contribution >= 4 is 34.9 Å². The molecule has 0 heterocycles. The second-order valence-electron chi connectivity index (χ2n) is 5.72. The van der Waals surface area contributed by atoms with Crippen molar-refractivity contribution in [3.63, 3.8) is 0 Å². The van der Waals surface area contributed by atoms with Crippen LogP contribution in [-0.2, 0) is 4.74 Å². The highest BCUT2D eigenvalue weighted by atomic mass is 32.1. The van der Waals surface area contributed by atoms with Crippen LogP contribution < -0.4 is 20.1 Å². The number of rotatable bonds is 7. The molecule has 0 aliphatic carbocycles. The molecule has 8 heteroatoms. The molecule has 2 aromatic carbocycles. The maximum atomic E-state index is 12.4. The first-order chi connectivity index (χ1) is 13.5. The quantitative estimate of drug-likeness (QED) is 0.542. The van der Waals surface area contributed by atoms with Crippen molar-refractivity contribution in [3.05, 3.63) is 53.6 Å². The molecule has 0 fully saturated rings. The number of ether oxygens (including phenoxy) is 3. The number of carbonyl (C=O) groups is 2. The van der Waals surface area contributed by atoms with Crippen LogP contribution in [0.1, 0.15) is 34.1 Å². The Bertz CT molecular complexity index is 830. The predicted octanol–water partition coefficient (Wildman–Crippen LogP) is 3.40. The third kappa shape index (κ3) is 5.95. The number of nitrogens with one attached hydrogen (secondary N) is 2. The van der Waals surface area contributed by atoms with E-state index in [-0.39, 0.29) is 11.1 Å². The highest BCUT2D eigenvalue weighted by Crippen LogP contribution is 2.22. The molecule has 2 aromatic rings. The van der Waals surface area contributed by atoms with E-state index in [4.69, 9.17) is 26.4 Å². The first-order valence-electron chi connectivity index (χ1n) is 8.59. The fraction of sp³-hybridized carbons (Fsp3) is 0.250. The number of anilines is 1. The Kier molecular flexibility index (Phi) is 7.76. The smallest absolute Gasteiger partial charge is 0.338 e. The Morgan fingerprint density at radius 3 is 2.11 bits per heavy atom. The molecule has 0 spiro atoms. The Hall–Kier alpha value is -3.13. The number of methoxy groups -OCH3 is 2. The lowest BCUT2D eigenvalue weighted by Gasteiger charge is -2.12. The summed E-state index contributed by atoms with van der Waals surface area (Å²) in [5.74, 6) is 0.202. The molecule has 2 rings (SSSR count). The molecule has 0 radical (unpaired) electrons. The lowest BCUT2D eigenvalue weighted by Crippen LogP contribution is -2.34. The van der Waals surface area contributed by atoms with Gasteiger partial charge in [-0.1, -0.05) is 6.92 Å². The molecular weight excluding hydrogens is 380 g/mol. The molecular formula is C20H22N2O5S. The first kappa shape index (κ1) is 21.2. The number of esters is 1. The van der Waals surface area contributed by atoms with E-state index in [1.807, 2.05) is 6.92 Å². The van der Waals surface area contributed by atoms with E-state index in [0.717, 1.165) is 6.42 Å². The first-order valence-corrected chi connectivity index (χ1v) is 9.00. The normalized spacial score (nSPS) is 9.96. The van der Waals surface area contributed by atoms with E-state index in [1.54, 1.807) is 42.5 Å². The Labute approximate surface area is 169 Å². The van der Waals surface area contributed by atoms with Crippen molar-refractivity contribution in [1.82, 2.24) is 5.32 Å². The maximum absolute atomic E-state index is 12.4. The SMILES string of the molecule is CCCOC(=O)c1ccc(NC(=S)NC(=O)c2cc(OC)cc(OC)c2)cc1. The minimum absolute atomic E-state index is 0.119. The van der Waals surface area contributed by atoms with Gasteiger partial charge in [0.05, 0.1) is 26.4 Å². The lowest BCUT2D eigenvalue weighted by molar-refractivity contribution is 0.0505. The summed E-state index contributed by atoms with van der Waals surface area (Å²) < 4.78 is 15.4. The highest BCUT2D eigenvalue weighted by molar-refractivity contribution is 7.80. The van der Waals surface area contributed by atoms with Crippen LogP contribution in [0, 0.1) is 0 Å². The van der Waals surface area contributed by atoms with Crippen LogP contribution in [0.3, 0.4) is 0 Å². The van der Waals surface area contributed by atoms with Crippen LogP contribution in [0.2, 0.25) is 0 Å². The van der Waals surface area contributed by atoms with Gasteiger partial charge in [0.15, 0.2) is 5.11 Å². The van der Waals surface area contributed by atoms with E-state index in [0.29, 0.717) is 34.9 Å². The van der Waals surface area contributed by atoms with Gasteiger partial charge in [-0.15, -0.1) is 0 Å². The molecule has 0 aliphatic rings. The summed E-state index contributed by atoms with van der Waals surface area (Å²) in [6.07, 6.45) is 0.762. The van der Waals surface area contributed by atoms with Crippen molar-refractivity contribution in [3.8, 4) is 11.5 Å². The minimum Gasteiger partial charge on any atom is -0.497 e. The number of carbonyl (C=O) groups excluding carboxylic acids is 2. The molecule has 148 valence electrons. The van der Waals surface area contributed by atoms with Gasteiger partial charge in [-0.3, -0.25) is 10.1 Å². The average molecular weight is 402 g/mol. The van der Waals surface area contributed by atoms with Gasteiger partial charge in [-0.05, 0) is 55.0 Å². The van der Waals surface area contributed by atoms with Crippen LogP contribution in [-0.4, -0.2) is 37.8 Å². The molecule has 0 saturated heterocycles. The topological polar surface area (TPSA) is 85.9 Å². The maximum Gasteiger partial charge on any atom is 0.338 e. The zero-order valence-corrected chi connectivity index (χ0v) is 16.7. The van der Waals surface area contributed by atoms with Crippen molar-refractivity contribution in [2.24, 2.45) is 0 Å². The van der Waals surface area contributed by atoms with Crippen LogP contribution in [0.5, 0.6) is 11.5 Å². The van der Waals surface area contributed by atoms with Crippen molar-refractivity contribution in [2.75, 3.05) is 26.1 Å². The van der Waals surface area contributed by atoms with Gasteiger partial charge in [0, 0.05) is 17.3 Å². The fourth-order valence-electron chi connectivity index (χ4n) is 2.24. The second-order valence-corrected chi connectivity index (χ2v) is 6.13. The zero-order valence-electron chi connectivity index (χ0n) is 15.9. The summed E-state index contributed by atoms with van der Waals surface area (Å²) in [5, 5.41) is 5.60. The Balaban J connectivity index is 1.98. The molecule has 7 nitrogen and oxygen atoms in total. The van der Waals surface area contributed by atoms with Gasteiger partial charge in [0.2, 0.25) is 0 Å². The molecule has 0 bridgehead atoms. The van der Waals surface area contributed by atoms with Crippen LogP contribution in [0.4, 0.5) is 5.69 Å². The fourth-order valence-corrected chi connectivity index (χ4v) is 2.45. The van der Waals surface area contributed by atoms with Crippen LogP contribution >= 0.6 is 12.2 Å². The number of amides is 1. The molecule has 0 aliphatic heterocycles. The van der Waals surface area contributed by atoms with Gasteiger partial charge in [0.25, 0.3) is 5.91 Å². The summed E-state index contributed by atoms with van der Waals surface area (Å²) >= 11 is 5.18. The number of benzene rings is 2. The van der Waals surface area contributed by atoms with Gasteiger partial charge >= 0.3 is 5.97 Å². The van der Waals surface area contributed by atoms with E-state index in [9.17, 15) is 9.59 Å². The van der Waals surface area contributed by atoms with Crippen molar-refractivity contribution in [2.45, 2.75) is 13.3 Å². The van der Waals surface area contributed by atoms with Crippen molar-refractivity contribution < 1.29 is 23.8 Å². The molecule has 0 saturated carbocycles. The molecule has 2 N–H and O–H groups in total.